The van der Waals surface area contributed by atoms with Gasteiger partial charge >= 0.3 is 0 Å². The Morgan fingerprint density at radius 1 is 1.47 bits per heavy atom. The van der Waals surface area contributed by atoms with E-state index in [0.717, 1.165) is 12.2 Å². The molecule has 1 aliphatic heterocycles. The fourth-order valence-electron chi connectivity index (χ4n) is 2.03. The number of hydrogen-bond donors (Lipinski definition) is 1. The van der Waals surface area contributed by atoms with Crippen LogP contribution >= 0.6 is 0 Å². The Morgan fingerprint density at radius 2 is 2.12 bits per heavy atom. The van der Waals surface area contributed by atoms with Gasteiger partial charge in [-0.25, -0.2) is 4.98 Å². The standard InChI is InChI=1S/C11H18N4O2/c1-4-9-12-10(14-13-9)11(16)15-5-7(2)17-8(3)6-15/h7-8H,4-6H2,1-3H3,(H,12,13,14)/t7-,8+. The van der Waals surface area contributed by atoms with Crippen molar-refractivity contribution in [1.29, 1.82) is 0 Å². The molecule has 1 aliphatic rings. The van der Waals surface area contributed by atoms with E-state index in [1.807, 2.05) is 20.8 Å². The van der Waals surface area contributed by atoms with Crippen molar-refractivity contribution in [3.05, 3.63) is 11.6 Å². The molecule has 0 bridgehead atoms. The molecule has 0 spiro atoms. The highest BCUT2D eigenvalue weighted by Crippen LogP contribution is 2.12. The molecule has 17 heavy (non-hydrogen) atoms. The lowest BCUT2D eigenvalue weighted by molar-refractivity contribution is -0.0588. The maximum Gasteiger partial charge on any atom is 0.293 e. The van der Waals surface area contributed by atoms with Crippen LogP contribution in [0.3, 0.4) is 0 Å². The number of ether oxygens (including phenoxy) is 1. The molecule has 0 aliphatic carbocycles. The van der Waals surface area contributed by atoms with Gasteiger partial charge in [-0.05, 0) is 13.8 Å². The number of aromatic amines is 1. The van der Waals surface area contributed by atoms with Crippen LogP contribution < -0.4 is 0 Å². The van der Waals surface area contributed by atoms with E-state index in [0.29, 0.717) is 13.1 Å². The topological polar surface area (TPSA) is 71.1 Å². The molecule has 1 aromatic heterocycles. The molecule has 94 valence electrons. The summed E-state index contributed by atoms with van der Waals surface area (Å²) in [6.07, 6.45) is 0.871. The molecule has 2 rings (SSSR count). The number of morpholine rings is 1. The number of rotatable bonds is 2. The fraction of sp³-hybridized carbons (Fsp3) is 0.727. The zero-order valence-electron chi connectivity index (χ0n) is 10.4. The van der Waals surface area contributed by atoms with Gasteiger partial charge in [0.1, 0.15) is 5.82 Å². The van der Waals surface area contributed by atoms with Gasteiger partial charge in [0.2, 0.25) is 5.82 Å². The molecule has 1 aromatic rings. The van der Waals surface area contributed by atoms with E-state index in [4.69, 9.17) is 4.74 Å². The summed E-state index contributed by atoms with van der Waals surface area (Å²) in [6, 6.07) is 0. The van der Waals surface area contributed by atoms with Crippen LogP contribution in [-0.4, -0.2) is 51.3 Å². The first-order chi connectivity index (χ1) is 8.10. The van der Waals surface area contributed by atoms with Crippen LogP contribution in [0.2, 0.25) is 0 Å². The second kappa shape index (κ2) is 4.83. The number of carbonyl (C=O) groups excluding carboxylic acids is 1. The number of aryl methyl sites for hydroxylation is 1. The molecule has 1 saturated heterocycles. The summed E-state index contributed by atoms with van der Waals surface area (Å²) >= 11 is 0. The lowest BCUT2D eigenvalue weighted by Crippen LogP contribution is -2.48. The number of H-pyrrole nitrogens is 1. The van der Waals surface area contributed by atoms with Gasteiger partial charge in [0, 0.05) is 19.5 Å². The molecule has 1 amide bonds. The van der Waals surface area contributed by atoms with E-state index in [1.54, 1.807) is 4.90 Å². The summed E-state index contributed by atoms with van der Waals surface area (Å²) in [4.78, 5) is 18.1. The van der Waals surface area contributed by atoms with Crippen molar-refractivity contribution >= 4 is 5.91 Å². The predicted molar refractivity (Wildman–Crippen MR) is 61.7 cm³/mol. The second-order valence-electron chi connectivity index (χ2n) is 4.43. The first-order valence-corrected chi connectivity index (χ1v) is 5.96. The number of aromatic nitrogens is 3. The van der Waals surface area contributed by atoms with Crippen LogP contribution in [0.4, 0.5) is 0 Å². The smallest absolute Gasteiger partial charge is 0.293 e. The third kappa shape index (κ3) is 2.63. The Hall–Kier alpha value is -1.43. The molecule has 2 heterocycles. The third-order valence-electron chi connectivity index (χ3n) is 2.76. The maximum absolute atomic E-state index is 12.1. The highest BCUT2D eigenvalue weighted by molar-refractivity contribution is 5.90. The number of hydrogen-bond acceptors (Lipinski definition) is 4. The van der Waals surface area contributed by atoms with Crippen LogP contribution in [0, 0.1) is 0 Å². The molecule has 0 unspecified atom stereocenters. The van der Waals surface area contributed by atoms with Crippen molar-refractivity contribution in [2.45, 2.75) is 39.4 Å². The minimum Gasteiger partial charge on any atom is -0.372 e. The monoisotopic (exact) mass is 238 g/mol. The fourth-order valence-corrected chi connectivity index (χ4v) is 2.03. The molecular weight excluding hydrogens is 220 g/mol. The maximum atomic E-state index is 12.1. The number of nitrogens with one attached hydrogen (secondary N) is 1. The van der Waals surface area contributed by atoms with Gasteiger partial charge in [0.05, 0.1) is 12.2 Å². The van der Waals surface area contributed by atoms with Crippen LogP contribution in [0.25, 0.3) is 0 Å². The quantitative estimate of drug-likeness (QED) is 0.819. The summed E-state index contributed by atoms with van der Waals surface area (Å²) in [6.45, 7) is 7.09. The lowest BCUT2D eigenvalue weighted by atomic mass is 10.2. The van der Waals surface area contributed by atoms with Gasteiger partial charge in [-0.3, -0.25) is 9.89 Å². The molecule has 0 radical (unpaired) electrons. The van der Waals surface area contributed by atoms with Gasteiger partial charge in [-0.15, -0.1) is 5.10 Å². The number of carbonyl (C=O) groups is 1. The van der Waals surface area contributed by atoms with E-state index in [9.17, 15) is 4.79 Å². The van der Waals surface area contributed by atoms with Gasteiger partial charge < -0.3 is 9.64 Å². The van der Waals surface area contributed by atoms with Crippen LogP contribution in [0.1, 0.15) is 37.2 Å². The van der Waals surface area contributed by atoms with Crippen LogP contribution in [-0.2, 0) is 11.2 Å². The molecule has 0 aromatic carbocycles. The van der Waals surface area contributed by atoms with Crippen LogP contribution in [0.5, 0.6) is 0 Å². The van der Waals surface area contributed by atoms with E-state index >= 15 is 0 Å². The van der Waals surface area contributed by atoms with E-state index < -0.39 is 0 Å². The van der Waals surface area contributed by atoms with Gasteiger partial charge in [0.15, 0.2) is 0 Å². The zero-order chi connectivity index (χ0) is 12.4. The van der Waals surface area contributed by atoms with Gasteiger partial charge in [-0.2, -0.15) is 0 Å². The highest BCUT2D eigenvalue weighted by Gasteiger charge is 2.28. The average Bonchev–Trinajstić information content (AvgIpc) is 2.75. The normalized spacial score (nSPS) is 25.0. The molecule has 6 nitrogen and oxygen atoms in total. The largest absolute Gasteiger partial charge is 0.372 e. The third-order valence-corrected chi connectivity index (χ3v) is 2.76. The molecule has 1 N–H and O–H groups in total. The summed E-state index contributed by atoms with van der Waals surface area (Å²) in [5.41, 5.74) is 0. The van der Waals surface area contributed by atoms with Crippen molar-refractivity contribution in [3.8, 4) is 0 Å². The first kappa shape index (κ1) is 12.0. The average molecular weight is 238 g/mol. The lowest BCUT2D eigenvalue weighted by Gasteiger charge is -2.34. The van der Waals surface area contributed by atoms with Crippen LogP contribution in [0.15, 0.2) is 0 Å². The van der Waals surface area contributed by atoms with Crippen molar-refractivity contribution in [3.63, 3.8) is 0 Å². The van der Waals surface area contributed by atoms with E-state index in [2.05, 4.69) is 15.2 Å². The Balaban J connectivity index is 2.08. The summed E-state index contributed by atoms with van der Waals surface area (Å²) < 4.78 is 5.59. The first-order valence-electron chi connectivity index (χ1n) is 5.96. The molecule has 1 fully saturated rings. The summed E-state index contributed by atoms with van der Waals surface area (Å²) in [5.74, 6) is 0.869. The second-order valence-corrected chi connectivity index (χ2v) is 4.43. The predicted octanol–water partition coefficient (Wildman–Crippen LogP) is 0.616. The van der Waals surface area contributed by atoms with Crippen molar-refractivity contribution < 1.29 is 9.53 Å². The number of amides is 1. The molecule has 2 atom stereocenters. The Labute approximate surface area is 100 Å². The van der Waals surface area contributed by atoms with E-state index in [-0.39, 0.29) is 23.9 Å². The molecule has 6 heteroatoms. The Kier molecular flexibility index (Phi) is 3.42. The molecule has 0 saturated carbocycles. The minimum absolute atomic E-state index is 0.0623. The van der Waals surface area contributed by atoms with Crippen molar-refractivity contribution in [2.75, 3.05) is 13.1 Å². The summed E-state index contributed by atoms with van der Waals surface area (Å²) in [5, 5.41) is 6.70. The SMILES string of the molecule is CCc1nc(C(=O)N2C[C@@H](C)O[C@@H](C)C2)n[nH]1. The number of nitrogens with zero attached hydrogens (tertiary/aromatic N) is 3. The van der Waals surface area contributed by atoms with E-state index in [1.165, 1.54) is 0 Å². The van der Waals surface area contributed by atoms with Crippen molar-refractivity contribution in [1.82, 2.24) is 20.1 Å². The van der Waals surface area contributed by atoms with Gasteiger partial charge in [-0.1, -0.05) is 6.92 Å². The minimum atomic E-state index is -0.122. The Morgan fingerprint density at radius 3 is 2.65 bits per heavy atom. The highest BCUT2D eigenvalue weighted by atomic mass is 16.5. The van der Waals surface area contributed by atoms with Crippen molar-refractivity contribution in [2.24, 2.45) is 0 Å². The Bertz CT molecular complexity index is 394. The summed E-state index contributed by atoms with van der Waals surface area (Å²) in [7, 11) is 0. The van der Waals surface area contributed by atoms with Gasteiger partial charge in [0.25, 0.3) is 5.91 Å². The zero-order valence-corrected chi connectivity index (χ0v) is 10.4. The molecular formula is C11H18N4O2.